The van der Waals surface area contributed by atoms with Crippen molar-refractivity contribution in [3.8, 4) is 11.5 Å². The van der Waals surface area contributed by atoms with Crippen LogP contribution in [0.4, 0.5) is 5.69 Å². The zero-order valence-corrected chi connectivity index (χ0v) is 14.6. The summed E-state index contributed by atoms with van der Waals surface area (Å²) >= 11 is 0. The van der Waals surface area contributed by atoms with Crippen molar-refractivity contribution in [2.75, 3.05) is 27.4 Å². The van der Waals surface area contributed by atoms with Crippen molar-refractivity contribution in [1.82, 2.24) is 4.90 Å². The number of β-amino-alcohol motifs (C(OH)–C–C–N with tert-alkyl or cyclic N) is 1. The van der Waals surface area contributed by atoms with Gasteiger partial charge in [-0.15, -0.1) is 0 Å². The number of nitro groups is 1. The average molecular weight is 368 g/mol. The fourth-order valence-corrected chi connectivity index (χ4v) is 2.91. The number of benzene rings is 1. The second-order valence-corrected chi connectivity index (χ2v) is 5.83. The Morgan fingerprint density at radius 3 is 2.58 bits per heavy atom. The lowest BCUT2D eigenvalue weighted by Gasteiger charge is -2.24. The van der Waals surface area contributed by atoms with Crippen molar-refractivity contribution in [2.24, 2.45) is 0 Å². The molecule has 1 aliphatic heterocycles. The molecule has 26 heavy (non-hydrogen) atoms. The molecule has 0 spiro atoms. The number of likely N-dealkylation sites (tertiary alicyclic amines) is 1. The molecule has 0 bridgehead atoms. The zero-order valence-electron chi connectivity index (χ0n) is 14.6. The summed E-state index contributed by atoms with van der Waals surface area (Å²) < 4.78 is 15.1. The lowest BCUT2D eigenvalue weighted by atomic mass is 10.1. The van der Waals surface area contributed by atoms with Gasteiger partial charge in [0.15, 0.2) is 11.5 Å². The minimum atomic E-state index is -0.739. The molecule has 0 aromatic heterocycles. The molecule has 1 saturated heterocycles. The van der Waals surface area contributed by atoms with E-state index in [9.17, 15) is 24.8 Å². The van der Waals surface area contributed by atoms with Gasteiger partial charge in [-0.05, 0) is 6.42 Å². The van der Waals surface area contributed by atoms with Gasteiger partial charge in [-0.25, -0.2) is 0 Å². The number of methoxy groups -OCH3 is 2. The number of aliphatic hydroxyl groups excluding tert-OH is 1. The summed E-state index contributed by atoms with van der Waals surface area (Å²) in [5.74, 6) is -1.46. The molecule has 1 fully saturated rings. The molecule has 10 nitrogen and oxygen atoms in total. The van der Waals surface area contributed by atoms with Gasteiger partial charge in [-0.2, -0.15) is 0 Å². The average Bonchev–Trinajstić information content (AvgIpc) is 2.94. The smallest absolute Gasteiger partial charge is 0.308 e. The second-order valence-electron chi connectivity index (χ2n) is 5.83. The van der Waals surface area contributed by atoms with Crippen LogP contribution in [-0.2, 0) is 9.53 Å². The Labute approximate surface area is 149 Å². The predicted molar refractivity (Wildman–Crippen MR) is 88.3 cm³/mol. The molecule has 1 N–H and O–H groups in total. The SMILES string of the molecule is COC[C@@H]1C[C@H](O)CN1C(=O)c1cc(OC)c(OC(C)=O)cc1[N+](=O)[O-]. The first-order valence-corrected chi connectivity index (χ1v) is 7.81. The molecule has 1 aliphatic rings. The Bertz CT molecular complexity index is 720. The van der Waals surface area contributed by atoms with Gasteiger partial charge in [0.2, 0.25) is 0 Å². The maximum Gasteiger partial charge on any atom is 0.308 e. The highest BCUT2D eigenvalue weighted by Gasteiger charge is 2.37. The van der Waals surface area contributed by atoms with Crippen molar-refractivity contribution < 1.29 is 33.8 Å². The van der Waals surface area contributed by atoms with E-state index in [1.807, 2.05) is 0 Å². The van der Waals surface area contributed by atoms with Crippen LogP contribution >= 0.6 is 0 Å². The van der Waals surface area contributed by atoms with Gasteiger partial charge in [0.25, 0.3) is 11.6 Å². The van der Waals surface area contributed by atoms with Crippen LogP contribution in [0.25, 0.3) is 0 Å². The van der Waals surface area contributed by atoms with E-state index < -0.39 is 34.6 Å². The summed E-state index contributed by atoms with van der Waals surface area (Å²) in [7, 11) is 2.75. The third kappa shape index (κ3) is 4.09. The van der Waals surface area contributed by atoms with E-state index in [0.717, 1.165) is 19.1 Å². The molecule has 142 valence electrons. The second kappa shape index (κ2) is 8.11. The van der Waals surface area contributed by atoms with Crippen LogP contribution in [-0.4, -0.2) is 66.3 Å². The minimum Gasteiger partial charge on any atom is -0.493 e. The van der Waals surface area contributed by atoms with Crippen LogP contribution in [0, 0.1) is 10.1 Å². The quantitative estimate of drug-likeness (QED) is 0.337. The Kier molecular flexibility index (Phi) is 6.11. The van der Waals surface area contributed by atoms with E-state index in [1.165, 1.54) is 19.1 Å². The van der Waals surface area contributed by atoms with E-state index in [0.29, 0.717) is 6.42 Å². The number of nitrogens with zero attached hydrogens (tertiary/aromatic N) is 2. The number of ether oxygens (including phenoxy) is 3. The molecule has 10 heteroatoms. The van der Waals surface area contributed by atoms with Crippen molar-refractivity contribution in [1.29, 1.82) is 0 Å². The number of hydrogen-bond acceptors (Lipinski definition) is 8. The highest BCUT2D eigenvalue weighted by atomic mass is 16.6. The van der Waals surface area contributed by atoms with E-state index >= 15 is 0 Å². The van der Waals surface area contributed by atoms with Gasteiger partial charge in [0.1, 0.15) is 5.56 Å². The van der Waals surface area contributed by atoms with E-state index in [2.05, 4.69) is 0 Å². The van der Waals surface area contributed by atoms with Crippen molar-refractivity contribution in [2.45, 2.75) is 25.5 Å². The minimum absolute atomic E-state index is 0.0113. The number of esters is 1. The molecule has 0 radical (unpaired) electrons. The first kappa shape index (κ1) is 19.6. The summed E-state index contributed by atoms with van der Waals surface area (Å²) in [5.41, 5.74) is -0.748. The number of aliphatic hydroxyl groups is 1. The topological polar surface area (TPSA) is 128 Å². The van der Waals surface area contributed by atoms with Crippen LogP contribution < -0.4 is 9.47 Å². The van der Waals surface area contributed by atoms with Gasteiger partial charge in [0.05, 0.1) is 36.9 Å². The van der Waals surface area contributed by atoms with E-state index in [1.54, 1.807) is 0 Å². The lowest BCUT2D eigenvalue weighted by molar-refractivity contribution is -0.385. The number of carbonyl (C=O) groups is 2. The molecule has 0 unspecified atom stereocenters. The molecule has 1 aromatic rings. The van der Waals surface area contributed by atoms with Crippen LogP contribution in [0.3, 0.4) is 0 Å². The fourth-order valence-electron chi connectivity index (χ4n) is 2.91. The summed E-state index contributed by atoms with van der Waals surface area (Å²) in [6, 6.07) is 1.74. The molecule has 1 heterocycles. The Morgan fingerprint density at radius 1 is 1.35 bits per heavy atom. The van der Waals surface area contributed by atoms with Crippen molar-refractivity contribution in [3.05, 3.63) is 27.8 Å². The summed E-state index contributed by atoms with van der Waals surface area (Å²) in [6.07, 6.45) is -0.420. The Balaban J connectivity index is 2.48. The predicted octanol–water partition coefficient (Wildman–Crippen LogP) is 0.750. The third-order valence-electron chi connectivity index (χ3n) is 3.98. The van der Waals surface area contributed by atoms with E-state index in [4.69, 9.17) is 14.2 Å². The largest absolute Gasteiger partial charge is 0.493 e. The molecular weight excluding hydrogens is 348 g/mol. The first-order chi connectivity index (χ1) is 12.3. The molecular formula is C16H20N2O8. The van der Waals surface area contributed by atoms with Gasteiger partial charge in [-0.3, -0.25) is 19.7 Å². The zero-order chi connectivity index (χ0) is 19.4. The summed E-state index contributed by atoms with van der Waals surface area (Å²) in [6.45, 7) is 1.38. The van der Waals surface area contributed by atoms with Gasteiger partial charge in [-0.1, -0.05) is 0 Å². The number of carbonyl (C=O) groups excluding carboxylic acids is 2. The maximum atomic E-state index is 12.9. The standard InChI is InChI=1S/C16H20N2O8/c1-9(19)26-15-6-13(18(22)23)12(5-14(15)25-3)16(21)17-7-11(20)4-10(17)8-24-2/h5-6,10-11,20H,4,7-8H2,1-3H3/t10-,11-/m0/s1. The van der Waals surface area contributed by atoms with Crippen molar-refractivity contribution in [3.63, 3.8) is 0 Å². The van der Waals surface area contributed by atoms with Crippen molar-refractivity contribution >= 4 is 17.6 Å². The van der Waals surface area contributed by atoms with Crippen LogP contribution in [0.15, 0.2) is 12.1 Å². The molecule has 1 amide bonds. The molecule has 0 aliphatic carbocycles. The number of rotatable bonds is 6. The van der Waals surface area contributed by atoms with Crippen LogP contribution in [0.1, 0.15) is 23.7 Å². The summed E-state index contributed by atoms with van der Waals surface area (Å²) in [5, 5.41) is 21.3. The fraction of sp³-hybridized carbons (Fsp3) is 0.500. The highest BCUT2D eigenvalue weighted by Crippen LogP contribution is 2.36. The highest BCUT2D eigenvalue weighted by molar-refractivity contribution is 5.99. The molecule has 2 atom stereocenters. The first-order valence-electron chi connectivity index (χ1n) is 7.81. The van der Waals surface area contributed by atoms with E-state index in [-0.39, 0.29) is 30.2 Å². The van der Waals surface area contributed by atoms with Gasteiger partial charge in [0, 0.05) is 26.6 Å². The van der Waals surface area contributed by atoms with Gasteiger partial charge < -0.3 is 24.2 Å². The van der Waals surface area contributed by atoms with Crippen LogP contribution in [0.5, 0.6) is 11.5 Å². The normalized spacial score (nSPS) is 19.3. The van der Waals surface area contributed by atoms with Crippen LogP contribution in [0.2, 0.25) is 0 Å². The Hall–Kier alpha value is -2.72. The molecule has 2 rings (SSSR count). The maximum absolute atomic E-state index is 12.9. The lowest BCUT2D eigenvalue weighted by Crippen LogP contribution is -2.38. The monoisotopic (exact) mass is 368 g/mol. The molecule has 1 aromatic carbocycles. The Morgan fingerprint density at radius 2 is 2.04 bits per heavy atom. The molecule has 0 saturated carbocycles. The summed E-state index contributed by atoms with van der Waals surface area (Å²) in [4.78, 5) is 36.1. The third-order valence-corrected chi connectivity index (χ3v) is 3.98. The van der Waals surface area contributed by atoms with Gasteiger partial charge >= 0.3 is 5.97 Å². The number of hydrogen-bond donors (Lipinski definition) is 1. The number of amides is 1. The number of nitro benzene ring substituents is 1.